The topological polar surface area (TPSA) is 90.9 Å². The number of benzene rings is 3. The number of Topliss-reactive ketones (excluding diaryl/α,β-unsaturated/α-hetero) is 1. The summed E-state index contributed by atoms with van der Waals surface area (Å²) in [4.78, 5) is 37.7. The monoisotopic (exact) mass is 445 g/mol. The molecule has 3 aromatic carbocycles. The molecule has 0 saturated carbocycles. The van der Waals surface area contributed by atoms with Crippen LogP contribution in [0.2, 0.25) is 0 Å². The Morgan fingerprint density at radius 2 is 1.61 bits per heavy atom. The van der Waals surface area contributed by atoms with E-state index in [9.17, 15) is 14.4 Å². The summed E-state index contributed by atoms with van der Waals surface area (Å²) >= 11 is 0. The molecule has 1 atom stereocenters. The van der Waals surface area contributed by atoms with Gasteiger partial charge in [0.1, 0.15) is 0 Å². The Balaban J connectivity index is 1.57. The maximum Gasteiger partial charge on any atom is 0.339 e. The Kier molecular flexibility index (Phi) is 6.69. The number of nitrogens with one attached hydrogen (secondary N) is 1. The van der Waals surface area contributed by atoms with Crippen LogP contribution in [0.3, 0.4) is 0 Å². The highest BCUT2D eigenvalue weighted by Crippen LogP contribution is 2.31. The van der Waals surface area contributed by atoms with Crippen molar-refractivity contribution in [2.45, 2.75) is 19.4 Å². The first-order valence-corrected chi connectivity index (χ1v) is 10.6. The minimum absolute atomic E-state index is 0.119. The number of carbonyl (C=O) groups excluding carboxylic acids is 3. The number of esters is 1. The Morgan fingerprint density at radius 3 is 2.36 bits per heavy atom. The summed E-state index contributed by atoms with van der Waals surface area (Å²) in [5.41, 5.74) is 1.65. The van der Waals surface area contributed by atoms with E-state index in [2.05, 4.69) is 5.32 Å². The Morgan fingerprint density at radius 1 is 0.848 bits per heavy atom. The summed E-state index contributed by atoms with van der Waals surface area (Å²) in [6.45, 7) is 2.47. The fourth-order valence-electron chi connectivity index (χ4n) is 3.39. The molecule has 0 bridgehead atoms. The van der Waals surface area contributed by atoms with Gasteiger partial charge in [-0.25, -0.2) is 4.79 Å². The smallest absolute Gasteiger partial charge is 0.339 e. The fraction of sp³-hybridized carbons (Fsp3) is 0.192. The molecule has 1 amide bonds. The van der Waals surface area contributed by atoms with E-state index in [1.165, 1.54) is 6.92 Å². The minimum Gasteiger partial charge on any atom is -0.490 e. The van der Waals surface area contributed by atoms with E-state index in [-0.39, 0.29) is 11.3 Å². The number of anilines is 1. The lowest BCUT2D eigenvalue weighted by molar-refractivity contribution is -0.125. The molecule has 3 aromatic rings. The molecule has 1 aliphatic rings. The highest BCUT2D eigenvalue weighted by Gasteiger charge is 2.26. The molecule has 168 valence electrons. The van der Waals surface area contributed by atoms with Crippen LogP contribution in [0.25, 0.3) is 0 Å². The maximum absolute atomic E-state index is 13.1. The van der Waals surface area contributed by atoms with Crippen molar-refractivity contribution in [2.24, 2.45) is 0 Å². The van der Waals surface area contributed by atoms with Crippen molar-refractivity contribution in [1.82, 2.24) is 0 Å². The molecule has 0 radical (unpaired) electrons. The summed E-state index contributed by atoms with van der Waals surface area (Å²) in [5.74, 6) is -0.307. The third kappa shape index (κ3) is 5.38. The van der Waals surface area contributed by atoms with Crippen LogP contribution >= 0.6 is 0 Å². The molecule has 1 aliphatic heterocycles. The number of carbonyl (C=O) groups is 3. The van der Waals surface area contributed by atoms with Gasteiger partial charge in [0.25, 0.3) is 5.91 Å². The number of amides is 1. The summed E-state index contributed by atoms with van der Waals surface area (Å²) in [6.07, 6.45) is -0.453. The first-order valence-electron chi connectivity index (χ1n) is 10.6. The van der Waals surface area contributed by atoms with Crippen LogP contribution in [-0.4, -0.2) is 30.9 Å². The Hall–Kier alpha value is -4.13. The van der Waals surface area contributed by atoms with Crippen molar-refractivity contribution < 1.29 is 28.6 Å². The van der Waals surface area contributed by atoms with E-state index < -0.39 is 18.0 Å². The zero-order valence-electron chi connectivity index (χ0n) is 18.1. The second-order valence-electron chi connectivity index (χ2n) is 7.53. The summed E-state index contributed by atoms with van der Waals surface area (Å²) in [6, 6.07) is 20.1. The SMILES string of the molecule is CC(=O)c1cccc(NC(=O)C(OC(=O)c2ccc3c(c2)OCCCO3)c2ccccc2)c1. The molecule has 0 aliphatic carbocycles. The lowest BCUT2D eigenvalue weighted by Gasteiger charge is -2.19. The maximum atomic E-state index is 13.1. The quantitative estimate of drug-likeness (QED) is 0.441. The lowest BCUT2D eigenvalue weighted by Crippen LogP contribution is -2.26. The van der Waals surface area contributed by atoms with Gasteiger partial charge < -0.3 is 19.5 Å². The van der Waals surface area contributed by atoms with Crippen molar-refractivity contribution in [3.8, 4) is 11.5 Å². The number of ether oxygens (including phenoxy) is 3. The zero-order valence-corrected chi connectivity index (χ0v) is 18.1. The molecule has 0 aromatic heterocycles. The summed E-state index contributed by atoms with van der Waals surface area (Å²) in [5, 5.41) is 2.74. The van der Waals surface area contributed by atoms with E-state index in [0.29, 0.717) is 41.5 Å². The normalized spacial score (nSPS) is 13.4. The molecule has 33 heavy (non-hydrogen) atoms. The molecule has 1 N–H and O–H groups in total. The number of hydrogen-bond donors (Lipinski definition) is 1. The van der Waals surface area contributed by atoms with Crippen LogP contribution in [0.1, 0.15) is 45.7 Å². The van der Waals surface area contributed by atoms with Crippen LogP contribution in [-0.2, 0) is 9.53 Å². The van der Waals surface area contributed by atoms with E-state index in [4.69, 9.17) is 14.2 Å². The van der Waals surface area contributed by atoms with Crippen molar-refractivity contribution in [3.05, 3.63) is 89.5 Å². The average Bonchev–Trinajstić information content (AvgIpc) is 3.08. The molecular formula is C26H23NO6. The fourth-order valence-corrected chi connectivity index (χ4v) is 3.39. The molecule has 1 unspecified atom stereocenters. The van der Waals surface area contributed by atoms with Gasteiger partial charge in [-0.05, 0) is 37.3 Å². The number of rotatable bonds is 6. The molecule has 7 heteroatoms. The predicted octanol–water partition coefficient (Wildman–Crippen LogP) is 4.59. The van der Waals surface area contributed by atoms with Crippen LogP contribution in [0.5, 0.6) is 11.5 Å². The molecule has 4 rings (SSSR count). The van der Waals surface area contributed by atoms with Gasteiger partial charge in [0, 0.05) is 23.2 Å². The van der Waals surface area contributed by atoms with Gasteiger partial charge in [0.2, 0.25) is 6.10 Å². The van der Waals surface area contributed by atoms with Crippen molar-refractivity contribution >= 4 is 23.3 Å². The minimum atomic E-state index is -1.20. The third-order valence-corrected chi connectivity index (χ3v) is 5.09. The van der Waals surface area contributed by atoms with Gasteiger partial charge in [0.05, 0.1) is 18.8 Å². The summed E-state index contributed by atoms with van der Waals surface area (Å²) in [7, 11) is 0. The van der Waals surface area contributed by atoms with Crippen molar-refractivity contribution in [3.63, 3.8) is 0 Å². The van der Waals surface area contributed by atoms with Gasteiger partial charge in [-0.15, -0.1) is 0 Å². The first kappa shape index (κ1) is 22.1. The van der Waals surface area contributed by atoms with Crippen molar-refractivity contribution in [2.75, 3.05) is 18.5 Å². The van der Waals surface area contributed by atoms with E-state index in [0.717, 1.165) is 6.42 Å². The van der Waals surface area contributed by atoms with Gasteiger partial charge in [0.15, 0.2) is 17.3 Å². The first-order chi connectivity index (χ1) is 16.0. The lowest BCUT2D eigenvalue weighted by atomic mass is 10.1. The second-order valence-corrected chi connectivity index (χ2v) is 7.53. The molecule has 1 heterocycles. The largest absolute Gasteiger partial charge is 0.490 e. The second kappa shape index (κ2) is 9.99. The molecule has 7 nitrogen and oxygen atoms in total. The summed E-state index contributed by atoms with van der Waals surface area (Å²) < 4.78 is 16.9. The van der Waals surface area contributed by atoms with E-state index in [1.54, 1.807) is 72.8 Å². The Bertz CT molecular complexity index is 1170. The van der Waals surface area contributed by atoms with Crippen LogP contribution in [0.15, 0.2) is 72.8 Å². The van der Waals surface area contributed by atoms with Gasteiger partial charge in [-0.2, -0.15) is 0 Å². The molecule has 0 saturated heterocycles. The standard InChI is InChI=1S/C26H23NO6/c1-17(28)19-9-5-10-21(15-19)27-25(29)24(18-7-3-2-4-8-18)33-26(30)20-11-12-22-23(16-20)32-14-6-13-31-22/h2-5,7-12,15-16,24H,6,13-14H2,1H3,(H,27,29). The Labute approximate surface area is 191 Å². The predicted molar refractivity (Wildman–Crippen MR) is 122 cm³/mol. The van der Waals surface area contributed by atoms with Gasteiger partial charge in [-0.1, -0.05) is 42.5 Å². The van der Waals surface area contributed by atoms with Gasteiger partial charge >= 0.3 is 5.97 Å². The van der Waals surface area contributed by atoms with Crippen LogP contribution in [0, 0.1) is 0 Å². The number of hydrogen-bond acceptors (Lipinski definition) is 6. The molecule has 0 spiro atoms. The average molecular weight is 445 g/mol. The van der Waals surface area contributed by atoms with Crippen LogP contribution in [0.4, 0.5) is 5.69 Å². The number of fused-ring (bicyclic) bond motifs is 1. The van der Waals surface area contributed by atoms with Gasteiger partial charge in [-0.3, -0.25) is 9.59 Å². The number of ketones is 1. The molecule has 0 fully saturated rings. The third-order valence-electron chi connectivity index (χ3n) is 5.09. The van der Waals surface area contributed by atoms with Crippen molar-refractivity contribution in [1.29, 1.82) is 0 Å². The highest BCUT2D eigenvalue weighted by molar-refractivity contribution is 6.00. The van der Waals surface area contributed by atoms with E-state index >= 15 is 0 Å². The van der Waals surface area contributed by atoms with E-state index in [1.807, 2.05) is 0 Å². The highest BCUT2D eigenvalue weighted by atomic mass is 16.5. The van der Waals surface area contributed by atoms with Crippen LogP contribution < -0.4 is 14.8 Å². The molecular weight excluding hydrogens is 422 g/mol. The zero-order chi connectivity index (χ0) is 23.2.